The van der Waals surface area contributed by atoms with E-state index in [0.717, 1.165) is 42.8 Å². The number of thioether (sulfide) groups is 1. The van der Waals surface area contributed by atoms with Crippen molar-refractivity contribution in [1.82, 2.24) is 10.6 Å². The van der Waals surface area contributed by atoms with E-state index in [-0.39, 0.29) is 10.8 Å². The zero-order valence-corrected chi connectivity index (χ0v) is 27.1. The Bertz CT molecular complexity index is 863. The van der Waals surface area contributed by atoms with Gasteiger partial charge < -0.3 is 20.1 Å². The van der Waals surface area contributed by atoms with E-state index in [1.807, 2.05) is 24.0 Å². The fraction of sp³-hybridized carbons (Fsp3) is 0.788. The highest BCUT2D eigenvalue weighted by Crippen LogP contribution is 2.50. The molecule has 234 valence electrons. The Kier molecular flexibility index (Phi) is 18.7. The third-order valence-electron chi connectivity index (χ3n) is 8.22. The third kappa shape index (κ3) is 13.7. The van der Waals surface area contributed by atoms with Crippen LogP contribution in [0.15, 0.2) is 18.3 Å². The number of nitrogens with zero attached hydrogens (tertiary/aromatic N) is 1. The largest absolute Gasteiger partial charge is 0.453 e. The van der Waals surface area contributed by atoms with Crippen molar-refractivity contribution in [2.75, 3.05) is 26.0 Å². The van der Waals surface area contributed by atoms with Crippen LogP contribution in [0.5, 0.6) is 0 Å². The molecule has 1 saturated heterocycles. The molecule has 1 fully saturated rings. The molecule has 1 aromatic heterocycles. The summed E-state index contributed by atoms with van der Waals surface area (Å²) in [4.78, 5) is 24.2. The number of alkyl carbamates (subject to hydrolysis) is 2. The SMILES string of the molecule is CCCCCCCCCCCCCCCCCCNC(=O)OCC1(c2ccc[n+](CC)c2CNC(=O)OC)CCS1. The minimum absolute atomic E-state index is 0.281. The van der Waals surface area contributed by atoms with Crippen molar-refractivity contribution in [2.45, 2.75) is 141 Å². The Hall–Kier alpha value is -1.96. The number of aryl methyl sites for hydroxylation is 1. The van der Waals surface area contributed by atoms with Crippen molar-refractivity contribution in [1.29, 1.82) is 0 Å². The normalized spacial score (nSPS) is 16.2. The Morgan fingerprint density at radius 3 is 1.90 bits per heavy atom. The number of pyridine rings is 1. The number of ether oxygens (including phenoxy) is 2. The van der Waals surface area contributed by atoms with E-state index in [2.05, 4.69) is 35.1 Å². The quantitative estimate of drug-likeness (QED) is 0.0990. The maximum absolute atomic E-state index is 12.5. The van der Waals surface area contributed by atoms with Gasteiger partial charge in [-0.1, -0.05) is 103 Å². The molecule has 8 heteroatoms. The average Bonchev–Trinajstić information content (AvgIpc) is 2.97. The van der Waals surface area contributed by atoms with Crippen molar-refractivity contribution in [3.05, 3.63) is 29.6 Å². The van der Waals surface area contributed by atoms with Crippen molar-refractivity contribution in [2.24, 2.45) is 0 Å². The van der Waals surface area contributed by atoms with Crippen LogP contribution in [0.1, 0.15) is 134 Å². The maximum atomic E-state index is 12.5. The van der Waals surface area contributed by atoms with E-state index < -0.39 is 6.09 Å². The lowest BCUT2D eigenvalue weighted by molar-refractivity contribution is -0.701. The molecule has 2 N–H and O–H groups in total. The number of amides is 2. The summed E-state index contributed by atoms with van der Waals surface area (Å²) in [6.07, 6.45) is 23.6. The molecular formula is C33H58N3O4S+. The van der Waals surface area contributed by atoms with E-state index in [1.165, 1.54) is 97.0 Å². The fourth-order valence-corrected chi connectivity index (χ4v) is 6.75. The predicted octanol–water partition coefficient (Wildman–Crippen LogP) is 8.17. The van der Waals surface area contributed by atoms with Crippen LogP contribution in [-0.2, 0) is 27.3 Å². The first kappa shape index (κ1) is 35.2. The van der Waals surface area contributed by atoms with Gasteiger partial charge in [0, 0.05) is 18.2 Å². The zero-order chi connectivity index (χ0) is 29.6. The van der Waals surface area contributed by atoms with Crippen LogP contribution < -0.4 is 15.2 Å². The number of nitrogens with one attached hydrogen (secondary N) is 2. The smallest absolute Gasteiger partial charge is 0.407 e. The molecule has 2 amide bonds. The molecule has 0 aliphatic carbocycles. The van der Waals surface area contributed by atoms with E-state index in [9.17, 15) is 9.59 Å². The highest BCUT2D eigenvalue weighted by molar-refractivity contribution is 8.01. The Morgan fingerprint density at radius 1 is 0.854 bits per heavy atom. The highest BCUT2D eigenvalue weighted by atomic mass is 32.2. The van der Waals surface area contributed by atoms with E-state index in [0.29, 0.717) is 19.7 Å². The summed E-state index contributed by atoms with van der Waals surface area (Å²) in [5.74, 6) is 1.02. The van der Waals surface area contributed by atoms with Gasteiger partial charge in [-0.15, -0.1) is 11.8 Å². The lowest BCUT2D eigenvalue weighted by atomic mass is 9.93. The van der Waals surface area contributed by atoms with Gasteiger partial charge in [-0.3, -0.25) is 0 Å². The molecule has 0 bridgehead atoms. The first-order valence-electron chi connectivity index (χ1n) is 16.4. The number of methoxy groups -OCH3 is 1. The van der Waals surface area contributed by atoms with Crippen LogP contribution >= 0.6 is 11.8 Å². The molecular weight excluding hydrogens is 534 g/mol. The van der Waals surface area contributed by atoms with Crippen molar-refractivity contribution in [3.63, 3.8) is 0 Å². The molecule has 1 atom stereocenters. The second-order valence-electron chi connectivity index (χ2n) is 11.4. The summed E-state index contributed by atoms with van der Waals surface area (Å²) in [7, 11) is 1.37. The zero-order valence-electron chi connectivity index (χ0n) is 26.3. The molecule has 2 rings (SSSR count). The molecule has 41 heavy (non-hydrogen) atoms. The Balaban J connectivity index is 1.56. The molecule has 0 spiro atoms. The van der Waals surface area contributed by atoms with Crippen molar-refractivity contribution >= 4 is 23.9 Å². The summed E-state index contributed by atoms with van der Waals surface area (Å²) in [6, 6.07) is 4.11. The molecule has 7 nitrogen and oxygen atoms in total. The number of hydrogen-bond acceptors (Lipinski definition) is 5. The van der Waals surface area contributed by atoms with E-state index in [1.54, 1.807) is 0 Å². The van der Waals surface area contributed by atoms with Crippen molar-refractivity contribution < 1.29 is 23.6 Å². The number of rotatable bonds is 23. The molecule has 0 radical (unpaired) electrons. The first-order valence-corrected chi connectivity index (χ1v) is 17.4. The van der Waals surface area contributed by atoms with Gasteiger partial charge in [0.05, 0.1) is 11.9 Å². The Morgan fingerprint density at radius 2 is 1.41 bits per heavy atom. The second-order valence-corrected chi connectivity index (χ2v) is 12.9. The van der Waals surface area contributed by atoms with Crippen LogP contribution in [0.3, 0.4) is 0 Å². The highest BCUT2D eigenvalue weighted by Gasteiger charge is 2.45. The summed E-state index contributed by atoms with van der Waals surface area (Å²) in [5, 5.41) is 5.75. The standard InChI is InChI=1S/C33H57N3O4S/c1-4-6-7-8-9-10-11-12-13-14-15-16-17-18-19-20-24-34-32(38)40-28-33(23-26-41-33)29-22-21-25-36(5-2)30(29)27-35-31(37)39-3/h21-22,25H,4-20,23-24,26-28H2,1-3H3,(H-,34,35,37,38)/p+1. The number of unbranched alkanes of at least 4 members (excludes halogenated alkanes) is 15. The van der Waals surface area contributed by atoms with E-state index in [4.69, 9.17) is 9.47 Å². The van der Waals surface area contributed by atoms with Gasteiger partial charge in [-0.25, -0.2) is 14.2 Å². The molecule has 1 aliphatic rings. The molecule has 1 aromatic rings. The lowest BCUT2D eigenvalue weighted by Crippen LogP contribution is -2.47. The summed E-state index contributed by atoms with van der Waals surface area (Å²) in [6.45, 7) is 6.49. The van der Waals surface area contributed by atoms with Crippen LogP contribution in [-0.4, -0.2) is 38.2 Å². The summed E-state index contributed by atoms with van der Waals surface area (Å²) in [5.41, 5.74) is 2.13. The summed E-state index contributed by atoms with van der Waals surface area (Å²) < 4.78 is 12.3. The molecule has 0 saturated carbocycles. The van der Waals surface area contributed by atoms with Crippen LogP contribution in [0.4, 0.5) is 9.59 Å². The van der Waals surface area contributed by atoms with Gasteiger partial charge in [0.2, 0.25) is 5.69 Å². The van der Waals surface area contributed by atoms with Crippen LogP contribution in [0.2, 0.25) is 0 Å². The molecule has 2 heterocycles. The Labute approximate surface area is 254 Å². The number of aromatic nitrogens is 1. The first-order chi connectivity index (χ1) is 20.1. The minimum atomic E-state index is -0.456. The number of hydrogen-bond donors (Lipinski definition) is 2. The number of carbonyl (C=O) groups excluding carboxylic acids is 2. The van der Waals surface area contributed by atoms with Gasteiger partial charge in [0.25, 0.3) is 0 Å². The molecule has 0 aromatic carbocycles. The third-order valence-corrected chi connectivity index (χ3v) is 9.73. The minimum Gasteiger partial charge on any atom is -0.453 e. The van der Waals surface area contributed by atoms with Gasteiger partial charge in [0.1, 0.15) is 19.7 Å². The van der Waals surface area contributed by atoms with Gasteiger partial charge in [0.15, 0.2) is 6.20 Å². The predicted molar refractivity (Wildman–Crippen MR) is 169 cm³/mol. The fourth-order valence-electron chi connectivity index (χ4n) is 5.57. The van der Waals surface area contributed by atoms with Crippen LogP contribution in [0, 0.1) is 0 Å². The monoisotopic (exact) mass is 592 g/mol. The maximum Gasteiger partial charge on any atom is 0.407 e. The molecule has 1 aliphatic heterocycles. The lowest BCUT2D eigenvalue weighted by Gasteiger charge is -2.40. The van der Waals surface area contributed by atoms with Crippen LogP contribution in [0.25, 0.3) is 0 Å². The van der Waals surface area contributed by atoms with Crippen molar-refractivity contribution in [3.8, 4) is 0 Å². The van der Waals surface area contributed by atoms with Gasteiger partial charge in [-0.05, 0) is 31.6 Å². The summed E-state index contributed by atoms with van der Waals surface area (Å²) >= 11 is 1.81. The van der Waals surface area contributed by atoms with Gasteiger partial charge in [-0.2, -0.15) is 0 Å². The average molecular weight is 593 g/mol. The second kappa shape index (κ2) is 21.7. The number of carbonyl (C=O) groups is 2. The van der Waals surface area contributed by atoms with E-state index >= 15 is 0 Å². The molecule has 1 unspecified atom stereocenters. The van der Waals surface area contributed by atoms with Gasteiger partial charge >= 0.3 is 12.2 Å². The topological polar surface area (TPSA) is 80.5 Å².